The maximum atomic E-state index is 11.1. The van der Waals surface area contributed by atoms with Crippen LogP contribution < -0.4 is 0 Å². The first-order chi connectivity index (χ1) is 6.37. The van der Waals surface area contributed by atoms with Crippen molar-refractivity contribution in [3.63, 3.8) is 0 Å². The largest absolute Gasteiger partial charge is 0.393 e. The van der Waals surface area contributed by atoms with Gasteiger partial charge in [0.05, 0.1) is 11.9 Å². The van der Waals surface area contributed by atoms with Crippen LogP contribution in [0.2, 0.25) is 0 Å². The van der Waals surface area contributed by atoms with Crippen molar-refractivity contribution in [2.24, 2.45) is 5.92 Å². The lowest BCUT2D eigenvalue weighted by Gasteiger charge is -2.12. The summed E-state index contributed by atoms with van der Waals surface area (Å²) in [5, 5.41) is 9.49. The van der Waals surface area contributed by atoms with E-state index in [1.54, 1.807) is 6.92 Å². The standard InChI is InChI=1S/C10H22O3S/c1-4-14(12,13)7-5-6-10(11)8-9(2)3/h9-11H,4-8H2,1-3H3. The predicted octanol–water partition coefficient (Wildman–Crippen LogP) is 1.61. The molecule has 3 nitrogen and oxygen atoms in total. The third-order valence-corrected chi connectivity index (χ3v) is 3.97. The lowest BCUT2D eigenvalue weighted by Crippen LogP contribution is -2.14. The van der Waals surface area contributed by atoms with Crippen molar-refractivity contribution in [3.8, 4) is 0 Å². The summed E-state index contributed by atoms with van der Waals surface area (Å²) in [6, 6.07) is 0. The van der Waals surface area contributed by atoms with E-state index in [0.717, 1.165) is 6.42 Å². The fourth-order valence-electron chi connectivity index (χ4n) is 1.35. The monoisotopic (exact) mass is 222 g/mol. The molecule has 0 aromatic carbocycles. The number of hydrogen-bond donors (Lipinski definition) is 1. The van der Waals surface area contributed by atoms with Gasteiger partial charge in [0.2, 0.25) is 0 Å². The van der Waals surface area contributed by atoms with Crippen LogP contribution in [0, 0.1) is 5.92 Å². The summed E-state index contributed by atoms with van der Waals surface area (Å²) in [6.45, 7) is 5.75. The summed E-state index contributed by atoms with van der Waals surface area (Å²) < 4.78 is 22.2. The van der Waals surface area contributed by atoms with Crippen molar-refractivity contribution in [1.82, 2.24) is 0 Å². The molecule has 1 unspecified atom stereocenters. The van der Waals surface area contributed by atoms with Gasteiger partial charge in [-0.3, -0.25) is 0 Å². The molecule has 0 fully saturated rings. The zero-order chi connectivity index (χ0) is 11.2. The number of aliphatic hydroxyl groups excluding tert-OH is 1. The number of aliphatic hydroxyl groups is 1. The molecule has 0 aliphatic rings. The Morgan fingerprint density at radius 1 is 1.29 bits per heavy atom. The molecule has 0 saturated heterocycles. The lowest BCUT2D eigenvalue weighted by atomic mass is 10.0. The van der Waals surface area contributed by atoms with Crippen LogP contribution in [0.15, 0.2) is 0 Å². The molecule has 0 amide bonds. The molecular weight excluding hydrogens is 200 g/mol. The highest BCUT2D eigenvalue weighted by atomic mass is 32.2. The van der Waals surface area contributed by atoms with Crippen molar-refractivity contribution in [2.75, 3.05) is 11.5 Å². The van der Waals surface area contributed by atoms with Gasteiger partial charge in [-0.25, -0.2) is 8.42 Å². The molecule has 0 saturated carbocycles. The minimum atomic E-state index is -2.85. The molecule has 0 aromatic heterocycles. The highest BCUT2D eigenvalue weighted by molar-refractivity contribution is 7.91. The van der Waals surface area contributed by atoms with Gasteiger partial charge in [-0.05, 0) is 25.2 Å². The van der Waals surface area contributed by atoms with Crippen LogP contribution in [0.4, 0.5) is 0 Å². The highest BCUT2D eigenvalue weighted by Crippen LogP contribution is 2.10. The van der Waals surface area contributed by atoms with Gasteiger partial charge in [-0.2, -0.15) is 0 Å². The van der Waals surface area contributed by atoms with E-state index in [4.69, 9.17) is 0 Å². The maximum Gasteiger partial charge on any atom is 0.150 e. The Morgan fingerprint density at radius 3 is 2.29 bits per heavy atom. The Balaban J connectivity index is 3.64. The van der Waals surface area contributed by atoms with Crippen LogP contribution >= 0.6 is 0 Å². The summed E-state index contributed by atoms with van der Waals surface area (Å²) in [4.78, 5) is 0. The van der Waals surface area contributed by atoms with E-state index >= 15 is 0 Å². The van der Waals surface area contributed by atoms with Gasteiger partial charge in [-0.15, -0.1) is 0 Å². The molecule has 0 aliphatic heterocycles. The summed E-state index contributed by atoms with van der Waals surface area (Å²) in [5.74, 6) is 0.874. The Hall–Kier alpha value is -0.0900. The van der Waals surface area contributed by atoms with Crippen LogP contribution in [0.3, 0.4) is 0 Å². The molecule has 0 bridgehead atoms. The van der Waals surface area contributed by atoms with Crippen molar-refractivity contribution in [2.45, 2.75) is 46.1 Å². The molecule has 0 aliphatic carbocycles. The smallest absolute Gasteiger partial charge is 0.150 e. The zero-order valence-corrected chi connectivity index (χ0v) is 10.2. The Morgan fingerprint density at radius 2 is 1.86 bits per heavy atom. The molecule has 14 heavy (non-hydrogen) atoms. The molecule has 86 valence electrons. The molecule has 0 radical (unpaired) electrons. The van der Waals surface area contributed by atoms with Gasteiger partial charge >= 0.3 is 0 Å². The fraction of sp³-hybridized carbons (Fsp3) is 1.00. The average Bonchev–Trinajstić information content (AvgIpc) is 2.02. The Bertz CT molecular complexity index is 232. The van der Waals surface area contributed by atoms with Gasteiger partial charge in [0, 0.05) is 5.75 Å². The minimum Gasteiger partial charge on any atom is -0.393 e. The summed E-state index contributed by atoms with van der Waals surface area (Å²) in [7, 11) is -2.85. The molecule has 4 heteroatoms. The predicted molar refractivity (Wildman–Crippen MR) is 59.0 cm³/mol. The van der Waals surface area contributed by atoms with Gasteiger partial charge < -0.3 is 5.11 Å². The van der Waals surface area contributed by atoms with Gasteiger partial charge in [0.1, 0.15) is 9.84 Å². The maximum absolute atomic E-state index is 11.1. The van der Waals surface area contributed by atoms with E-state index < -0.39 is 9.84 Å². The molecule has 0 rings (SSSR count). The number of rotatable bonds is 7. The third-order valence-electron chi connectivity index (χ3n) is 2.18. The Kier molecular flexibility index (Phi) is 6.36. The topological polar surface area (TPSA) is 54.4 Å². The van der Waals surface area contributed by atoms with Gasteiger partial charge in [-0.1, -0.05) is 20.8 Å². The lowest BCUT2D eigenvalue weighted by molar-refractivity contribution is 0.139. The van der Waals surface area contributed by atoms with E-state index in [-0.39, 0.29) is 17.6 Å². The normalized spacial score (nSPS) is 14.6. The number of sulfone groups is 1. The summed E-state index contributed by atoms with van der Waals surface area (Å²) >= 11 is 0. The van der Waals surface area contributed by atoms with Crippen molar-refractivity contribution in [1.29, 1.82) is 0 Å². The molecular formula is C10H22O3S. The van der Waals surface area contributed by atoms with Crippen LogP contribution in [0.5, 0.6) is 0 Å². The molecule has 0 heterocycles. The van der Waals surface area contributed by atoms with Gasteiger partial charge in [0.25, 0.3) is 0 Å². The van der Waals surface area contributed by atoms with Crippen molar-refractivity contribution in [3.05, 3.63) is 0 Å². The van der Waals surface area contributed by atoms with E-state index in [1.807, 2.05) is 13.8 Å². The van der Waals surface area contributed by atoms with Crippen LogP contribution in [0.25, 0.3) is 0 Å². The first-order valence-electron chi connectivity index (χ1n) is 5.26. The second-order valence-corrected chi connectivity index (χ2v) is 6.63. The first-order valence-corrected chi connectivity index (χ1v) is 7.08. The van der Waals surface area contributed by atoms with Gasteiger partial charge in [0.15, 0.2) is 0 Å². The third kappa shape index (κ3) is 7.33. The molecule has 0 spiro atoms. The minimum absolute atomic E-state index is 0.202. The molecule has 0 aromatic rings. The highest BCUT2D eigenvalue weighted by Gasteiger charge is 2.10. The van der Waals surface area contributed by atoms with Crippen LogP contribution in [-0.2, 0) is 9.84 Å². The van der Waals surface area contributed by atoms with Crippen LogP contribution in [-0.4, -0.2) is 31.1 Å². The SMILES string of the molecule is CCS(=O)(=O)CCCC(O)CC(C)C. The average molecular weight is 222 g/mol. The Labute approximate surface area is 87.4 Å². The van der Waals surface area contributed by atoms with Crippen molar-refractivity contribution >= 4 is 9.84 Å². The van der Waals surface area contributed by atoms with E-state index in [9.17, 15) is 13.5 Å². The second kappa shape index (κ2) is 6.40. The zero-order valence-electron chi connectivity index (χ0n) is 9.36. The summed E-state index contributed by atoms with van der Waals surface area (Å²) in [6.07, 6.45) is 1.58. The molecule has 1 atom stereocenters. The van der Waals surface area contributed by atoms with E-state index in [1.165, 1.54) is 0 Å². The number of hydrogen-bond acceptors (Lipinski definition) is 3. The first kappa shape index (κ1) is 13.9. The molecule has 1 N–H and O–H groups in total. The van der Waals surface area contributed by atoms with Crippen molar-refractivity contribution < 1.29 is 13.5 Å². The quantitative estimate of drug-likeness (QED) is 0.712. The fourth-order valence-corrected chi connectivity index (χ4v) is 2.24. The second-order valence-electron chi connectivity index (χ2n) is 4.16. The van der Waals surface area contributed by atoms with E-state index in [0.29, 0.717) is 18.8 Å². The van der Waals surface area contributed by atoms with E-state index in [2.05, 4.69) is 0 Å². The summed E-state index contributed by atoms with van der Waals surface area (Å²) in [5.41, 5.74) is 0. The van der Waals surface area contributed by atoms with Crippen LogP contribution in [0.1, 0.15) is 40.0 Å².